The minimum Gasteiger partial charge on any atom is -0.466 e. The summed E-state index contributed by atoms with van der Waals surface area (Å²) < 4.78 is 18.5. The molecule has 1 amide bonds. The van der Waals surface area contributed by atoms with E-state index in [0.29, 0.717) is 12.4 Å². The summed E-state index contributed by atoms with van der Waals surface area (Å²) in [6, 6.07) is 9.53. The minimum atomic E-state index is -0.266. The van der Waals surface area contributed by atoms with Gasteiger partial charge in [-0.05, 0) is 44.5 Å². The highest BCUT2D eigenvalue weighted by Crippen LogP contribution is 2.22. The van der Waals surface area contributed by atoms with Gasteiger partial charge in [-0.1, -0.05) is 12.1 Å². The molecule has 7 nitrogen and oxygen atoms in total. The molecule has 158 valence electrons. The van der Waals surface area contributed by atoms with Gasteiger partial charge in [-0.25, -0.2) is 9.37 Å². The van der Waals surface area contributed by atoms with Gasteiger partial charge in [0.1, 0.15) is 5.82 Å². The van der Waals surface area contributed by atoms with E-state index in [0.717, 1.165) is 21.1 Å². The number of hydrogen-bond acceptors (Lipinski definition) is 7. The van der Waals surface area contributed by atoms with Crippen molar-refractivity contribution in [3.8, 4) is 5.88 Å². The topological polar surface area (TPSA) is 80.2 Å². The highest BCUT2D eigenvalue weighted by molar-refractivity contribution is 7.11. The first-order valence-corrected chi connectivity index (χ1v) is 10.3. The molecular formula is C21H24FN5O2S. The van der Waals surface area contributed by atoms with E-state index in [1.807, 2.05) is 32.7 Å². The van der Waals surface area contributed by atoms with Gasteiger partial charge in [-0.3, -0.25) is 4.79 Å². The lowest BCUT2D eigenvalue weighted by Crippen LogP contribution is -2.31. The van der Waals surface area contributed by atoms with Crippen molar-refractivity contribution in [2.45, 2.75) is 33.4 Å². The van der Waals surface area contributed by atoms with Crippen molar-refractivity contribution >= 4 is 23.1 Å². The van der Waals surface area contributed by atoms with Crippen LogP contribution < -0.4 is 15.0 Å². The second-order valence-electron chi connectivity index (χ2n) is 6.96. The van der Waals surface area contributed by atoms with Gasteiger partial charge >= 0.3 is 0 Å². The fourth-order valence-corrected chi connectivity index (χ4v) is 3.89. The Bertz CT molecular complexity index is 992. The summed E-state index contributed by atoms with van der Waals surface area (Å²) in [4.78, 5) is 19.6. The Morgan fingerprint density at radius 3 is 2.53 bits per heavy atom. The number of amides is 1. The molecular weight excluding hydrogens is 405 g/mol. The molecule has 1 atom stereocenters. The number of aryl methyl sites for hydroxylation is 2. The summed E-state index contributed by atoms with van der Waals surface area (Å²) in [5.41, 5.74) is 1.83. The normalized spacial score (nSPS) is 11.8. The van der Waals surface area contributed by atoms with Crippen molar-refractivity contribution in [3.63, 3.8) is 0 Å². The fourth-order valence-electron chi connectivity index (χ4n) is 2.98. The Kier molecular flexibility index (Phi) is 6.94. The van der Waals surface area contributed by atoms with Gasteiger partial charge in [0, 0.05) is 24.5 Å². The minimum absolute atomic E-state index is 0.161. The molecule has 0 spiro atoms. The maximum Gasteiger partial charge on any atom is 0.258 e. The molecule has 3 rings (SSSR count). The number of anilines is 1. The molecule has 0 saturated carbocycles. The van der Waals surface area contributed by atoms with Crippen LogP contribution in [0.1, 0.15) is 34.1 Å². The number of carbonyl (C=O) groups is 1. The highest BCUT2D eigenvalue weighted by Gasteiger charge is 2.16. The van der Waals surface area contributed by atoms with Gasteiger partial charge in [0.05, 0.1) is 16.7 Å². The molecule has 9 heteroatoms. The van der Waals surface area contributed by atoms with Crippen LogP contribution in [0.15, 0.2) is 36.4 Å². The molecule has 0 aliphatic heterocycles. The Morgan fingerprint density at radius 2 is 1.93 bits per heavy atom. The average molecular weight is 430 g/mol. The number of nitrogens with one attached hydrogen (secondary N) is 1. The van der Waals surface area contributed by atoms with Crippen LogP contribution in [-0.2, 0) is 11.3 Å². The van der Waals surface area contributed by atoms with Crippen LogP contribution >= 0.6 is 11.3 Å². The van der Waals surface area contributed by atoms with E-state index in [4.69, 9.17) is 4.74 Å². The van der Waals surface area contributed by atoms with Gasteiger partial charge < -0.3 is 15.0 Å². The van der Waals surface area contributed by atoms with Crippen molar-refractivity contribution in [1.29, 1.82) is 0 Å². The molecule has 2 heterocycles. The number of hydrogen-bond donors (Lipinski definition) is 1. The smallest absolute Gasteiger partial charge is 0.258 e. The number of halogens is 1. The number of ether oxygens (including phenoxy) is 1. The maximum absolute atomic E-state index is 13.0. The van der Waals surface area contributed by atoms with Crippen LogP contribution in [0.4, 0.5) is 10.2 Å². The first-order valence-electron chi connectivity index (χ1n) is 9.47. The largest absolute Gasteiger partial charge is 0.466 e. The van der Waals surface area contributed by atoms with Crippen molar-refractivity contribution in [2.75, 3.05) is 18.6 Å². The molecule has 1 aromatic carbocycles. The Morgan fingerprint density at radius 1 is 1.20 bits per heavy atom. The van der Waals surface area contributed by atoms with Gasteiger partial charge in [0.2, 0.25) is 5.88 Å². The second-order valence-corrected chi connectivity index (χ2v) is 8.37. The zero-order valence-corrected chi connectivity index (χ0v) is 18.2. The summed E-state index contributed by atoms with van der Waals surface area (Å²) in [5.74, 6) is 0.376. The number of rotatable bonds is 8. The van der Waals surface area contributed by atoms with Gasteiger partial charge in [-0.15, -0.1) is 21.5 Å². The molecule has 3 aromatic rings. The highest BCUT2D eigenvalue weighted by atomic mass is 32.1. The van der Waals surface area contributed by atoms with Gasteiger partial charge in [0.25, 0.3) is 5.91 Å². The molecule has 0 bridgehead atoms. The Balaban J connectivity index is 1.49. The third-order valence-electron chi connectivity index (χ3n) is 4.43. The SMILES string of the molecule is Cc1nc(C(C)NC(=O)COc2ccc(N(C)Cc3ccc(F)cc3)nn2)c(C)s1. The molecule has 1 unspecified atom stereocenters. The van der Waals surface area contributed by atoms with Crippen molar-refractivity contribution in [3.05, 3.63) is 63.4 Å². The lowest BCUT2D eigenvalue weighted by molar-refractivity contribution is -0.123. The molecule has 1 N–H and O–H groups in total. The number of benzene rings is 1. The van der Waals surface area contributed by atoms with E-state index in [1.54, 1.807) is 35.6 Å². The summed E-state index contributed by atoms with van der Waals surface area (Å²) in [6.07, 6.45) is 0. The van der Waals surface area contributed by atoms with Crippen LogP contribution in [0.3, 0.4) is 0 Å². The maximum atomic E-state index is 13.0. The summed E-state index contributed by atoms with van der Waals surface area (Å²) in [5, 5.41) is 12.0. The van der Waals surface area contributed by atoms with E-state index in [1.165, 1.54) is 12.1 Å². The zero-order chi connectivity index (χ0) is 21.7. The standard InChI is InChI=1S/C21H24FN5O2S/c1-13(21-14(2)30-15(3)24-21)23-19(28)12-29-20-10-9-18(25-26-20)27(4)11-16-5-7-17(22)8-6-16/h5-10,13H,11-12H2,1-4H3,(H,23,28). The monoisotopic (exact) mass is 429 g/mol. The van der Waals surface area contributed by atoms with Gasteiger partial charge in [0.15, 0.2) is 12.4 Å². The fraction of sp³-hybridized carbons (Fsp3) is 0.333. The summed E-state index contributed by atoms with van der Waals surface area (Å²) in [6.45, 7) is 6.23. The van der Waals surface area contributed by atoms with E-state index in [2.05, 4.69) is 20.5 Å². The number of carbonyl (C=O) groups excluding carboxylic acids is 1. The van der Waals surface area contributed by atoms with E-state index < -0.39 is 0 Å². The molecule has 2 aromatic heterocycles. The number of aromatic nitrogens is 3. The predicted octanol–water partition coefficient (Wildman–Crippen LogP) is 3.58. The lowest BCUT2D eigenvalue weighted by Gasteiger charge is -2.17. The third kappa shape index (κ3) is 5.73. The van der Waals surface area contributed by atoms with Crippen LogP contribution in [0, 0.1) is 19.7 Å². The molecule has 0 aliphatic carbocycles. The van der Waals surface area contributed by atoms with Crippen LogP contribution in [0.5, 0.6) is 5.88 Å². The quantitative estimate of drug-likeness (QED) is 0.590. The van der Waals surface area contributed by atoms with Gasteiger partial charge in [-0.2, -0.15) is 0 Å². The van der Waals surface area contributed by atoms with E-state index >= 15 is 0 Å². The lowest BCUT2D eigenvalue weighted by atomic mass is 10.2. The summed E-state index contributed by atoms with van der Waals surface area (Å²) in [7, 11) is 1.87. The first-order chi connectivity index (χ1) is 14.3. The molecule has 0 saturated heterocycles. The van der Waals surface area contributed by atoms with Crippen LogP contribution in [0.2, 0.25) is 0 Å². The van der Waals surface area contributed by atoms with E-state index in [9.17, 15) is 9.18 Å². The number of nitrogens with zero attached hydrogens (tertiary/aromatic N) is 4. The summed E-state index contributed by atoms with van der Waals surface area (Å²) >= 11 is 1.61. The Labute approximate surface area is 178 Å². The van der Waals surface area contributed by atoms with Crippen molar-refractivity contribution < 1.29 is 13.9 Å². The molecule has 0 fully saturated rings. The van der Waals surface area contributed by atoms with Crippen LogP contribution in [0.25, 0.3) is 0 Å². The molecule has 0 aliphatic rings. The van der Waals surface area contributed by atoms with E-state index in [-0.39, 0.29) is 30.3 Å². The van der Waals surface area contributed by atoms with Crippen molar-refractivity contribution in [2.24, 2.45) is 0 Å². The Hall–Kier alpha value is -3.07. The predicted molar refractivity (Wildman–Crippen MR) is 114 cm³/mol. The van der Waals surface area contributed by atoms with Crippen molar-refractivity contribution in [1.82, 2.24) is 20.5 Å². The number of thiazole rings is 1. The average Bonchev–Trinajstić information content (AvgIpc) is 3.06. The molecule has 0 radical (unpaired) electrons. The first kappa shape index (κ1) is 21.6. The second kappa shape index (κ2) is 9.62. The zero-order valence-electron chi connectivity index (χ0n) is 17.3. The van der Waals surface area contributed by atoms with Crippen LogP contribution in [-0.4, -0.2) is 34.7 Å². The molecule has 30 heavy (non-hydrogen) atoms. The third-order valence-corrected chi connectivity index (χ3v) is 5.33.